The van der Waals surface area contributed by atoms with Crippen LogP contribution in [0, 0.1) is 0 Å². The zero-order chi connectivity index (χ0) is 12.4. The van der Waals surface area contributed by atoms with Crippen LogP contribution in [0.1, 0.15) is 21.7 Å². The van der Waals surface area contributed by atoms with Gasteiger partial charge in [0.1, 0.15) is 11.3 Å². The van der Waals surface area contributed by atoms with Gasteiger partial charge in [-0.05, 0) is 17.7 Å². The number of aromatic nitrogens is 2. The van der Waals surface area contributed by atoms with Gasteiger partial charge < -0.3 is 0 Å². The second-order valence-corrected chi connectivity index (χ2v) is 4.15. The van der Waals surface area contributed by atoms with Crippen LogP contribution in [0.3, 0.4) is 0 Å². The van der Waals surface area contributed by atoms with Gasteiger partial charge in [0.25, 0.3) is 0 Å². The second-order valence-electron chi connectivity index (χ2n) is 4.15. The van der Waals surface area contributed by atoms with Gasteiger partial charge in [-0.25, -0.2) is 4.98 Å². The number of aldehydes is 1. The molecule has 3 nitrogen and oxygen atoms in total. The number of rotatable bonds is 3. The third-order valence-electron chi connectivity index (χ3n) is 2.97. The molecule has 2 heterocycles. The van der Waals surface area contributed by atoms with Crippen molar-refractivity contribution in [2.75, 3.05) is 0 Å². The molecule has 0 aliphatic heterocycles. The summed E-state index contributed by atoms with van der Waals surface area (Å²) in [5.74, 6) is 0. The highest BCUT2D eigenvalue weighted by atomic mass is 16.1. The SMILES string of the molecule is O=Cc1c(Cc2ccccc2)nc2ccccn12. The van der Waals surface area contributed by atoms with E-state index in [4.69, 9.17) is 0 Å². The van der Waals surface area contributed by atoms with E-state index in [0.717, 1.165) is 23.2 Å². The fraction of sp³-hybridized carbons (Fsp3) is 0.0667. The number of hydrogen-bond donors (Lipinski definition) is 0. The zero-order valence-corrected chi connectivity index (χ0v) is 9.78. The lowest BCUT2D eigenvalue weighted by atomic mass is 10.1. The molecule has 3 rings (SSSR count). The van der Waals surface area contributed by atoms with E-state index in [1.165, 1.54) is 0 Å². The van der Waals surface area contributed by atoms with E-state index in [1.54, 1.807) is 0 Å². The monoisotopic (exact) mass is 236 g/mol. The van der Waals surface area contributed by atoms with Crippen LogP contribution in [0.2, 0.25) is 0 Å². The van der Waals surface area contributed by atoms with Crippen LogP contribution in [0.4, 0.5) is 0 Å². The summed E-state index contributed by atoms with van der Waals surface area (Å²) in [7, 11) is 0. The number of hydrogen-bond acceptors (Lipinski definition) is 2. The van der Waals surface area contributed by atoms with Gasteiger partial charge in [-0.3, -0.25) is 9.20 Å². The maximum absolute atomic E-state index is 11.2. The van der Waals surface area contributed by atoms with E-state index in [-0.39, 0.29) is 0 Å². The molecule has 18 heavy (non-hydrogen) atoms. The van der Waals surface area contributed by atoms with Gasteiger partial charge in [0, 0.05) is 12.6 Å². The molecule has 3 aromatic rings. The lowest BCUT2D eigenvalue weighted by Gasteiger charge is -1.98. The molecule has 0 aliphatic carbocycles. The number of carbonyl (C=O) groups is 1. The molecule has 0 N–H and O–H groups in total. The summed E-state index contributed by atoms with van der Waals surface area (Å²) in [5.41, 5.74) is 3.42. The van der Waals surface area contributed by atoms with Crippen molar-refractivity contribution < 1.29 is 4.79 Å². The molecular weight excluding hydrogens is 224 g/mol. The highest BCUT2D eigenvalue weighted by molar-refractivity contribution is 5.76. The first-order chi connectivity index (χ1) is 8.88. The molecule has 2 aromatic heterocycles. The molecular formula is C15H12N2O. The van der Waals surface area contributed by atoms with Crippen molar-refractivity contribution in [2.45, 2.75) is 6.42 Å². The van der Waals surface area contributed by atoms with E-state index in [1.807, 2.05) is 59.1 Å². The molecule has 0 spiro atoms. The summed E-state index contributed by atoms with van der Waals surface area (Å²) in [6.07, 6.45) is 3.41. The Hall–Kier alpha value is -2.42. The Kier molecular flexibility index (Phi) is 2.65. The summed E-state index contributed by atoms with van der Waals surface area (Å²) in [5, 5.41) is 0. The number of pyridine rings is 1. The van der Waals surface area contributed by atoms with Crippen LogP contribution in [-0.2, 0) is 6.42 Å². The average molecular weight is 236 g/mol. The van der Waals surface area contributed by atoms with E-state index in [0.29, 0.717) is 12.1 Å². The molecule has 0 amide bonds. The highest BCUT2D eigenvalue weighted by Gasteiger charge is 2.11. The van der Waals surface area contributed by atoms with Gasteiger partial charge in [-0.1, -0.05) is 36.4 Å². The van der Waals surface area contributed by atoms with E-state index >= 15 is 0 Å². The average Bonchev–Trinajstić information content (AvgIpc) is 2.77. The van der Waals surface area contributed by atoms with Crippen LogP contribution in [0.15, 0.2) is 54.7 Å². The summed E-state index contributed by atoms with van der Waals surface area (Å²) in [6, 6.07) is 15.8. The van der Waals surface area contributed by atoms with Crippen LogP contribution in [0.25, 0.3) is 5.65 Å². The topological polar surface area (TPSA) is 34.4 Å². The first-order valence-corrected chi connectivity index (χ1v) is 5.83. The summed E-state index contributed by atoms with van der Waals surface area (Å²) in [6.45, 7) is 0. The summed E-state index contributed by atoms with van der Waals surface area (Å²) >= 11 is 0. The minimum Gasteiger partial charge on any atom is -0.297 e. The number of carbonyl (C=O) groups excluding carboxylic acids is 1. The molecule has 0 radical (unpaired) electrons. The summed E-state index contributed by atoms with van der Waals surface area (Å²) < 4.78 is 1.82. The minimum atomic E-state index is 0.634. The zero-order valence-electron chi connectivity index (χ0n) is 9.78. The highest BCUT2D eigenvalue weighted by Crippen LogP contribution is 2.14. The van der Waals surface area contributed by atoms with Gasteiger partial charge in [0.2, 0.25) is 0 Å². The Bertz CT molecular complexity index is 686. The third kappa shape index (κ3) is 1.80. The van der Waals surface area contributed by atoms with Gasteiger partial charge in [-0.2, -0.15) is 0 Å². The predicted octanol–water partition coefficient (Wildman–Crippen LogP) is 2.74. The van der Waals surface area contributed by atoms with E-state index < -0.39 is 0 Å². The fourth-order valence-electron chi connectivity index (χ4n) is 2.11. The first kappa shape index (κ1) is 10.7. The van der Waals surface area contributed by atoms with Crippen LogP contribution in [0.5, 0.6) is 0 Å². The van der Waals surface area contributed by atoms with Crippen LogP contribution >= 0.6 is 0 Å². The maximum atomic E-state index is 11.2. The van der Waals surface area contributed by atoms with Gasteiger partial charge >= 0.3 is 0 Å². The van der Waals surface area contributed by atoms with Crippen molar-refractivity contribution in [3.05, 3.63) is 71.7 Å². The third-order valence-corrected chi connectivity index (χ3v) is 2.97. The lowest BCUT2D eigenvalue weighted by molar-refractivity contribution is 0.111. The molecule has 0 bridgehead atoms. The molecule has 0 saturated heterocycles. The van der Waals surface area contributed by atoms with Crippen molar-refractivity contribution >= 4 is 11.9 Å². The summed E-state index contributed by atoms with van der Waals surface area (Å²) in [4.78, 5) is 15.7. The minimum absolute atomic E-state index is 0.634. The number of benzene rings is 1. The second kappa shape index (κ2) is 4.45. The Morgan fingerprint density at radius 3 is 2.61 bits per heavy atom. The van der Waals surface area contributed by atoms with Crippen molar-refractivity contribution in [2.24, 2.45) is 0 Å². The van der Waals surface area contributed by atoms with Crippen molar-refractivity contribution in [3.8, 4) is 0 Å². The van der Waals surface area contributed by atoms with Crippen molar-refractivity contribution in [1.29, 1.82) is 0 Å². The Labute approximate surface area is 105 Å². The van der Waals surface area contributed by atoms with Crippen LogP contribution in [-0.4, -0.2) is 15.7 Å². The van der Waals surface area contributed by atoms with Gasteiger partial charge in [-0.15, -0.1) is 0 Å². The number of fused-ring (bicyclic) bond motifs is 1. The Balaban J connectivity index is 2.09. The van der Waals surface area contributed by atoms with Gasteiger partial charge in [0.15, 0.2) is 6.29 Å². The van der Waals surface area contributed by atoms with Crippen molar-refractivity contribution in [3.63, 3.8) is 0 Å². The molecule has 3 heteroatoms. The van der Waals surface area contributed by atoms with E-state index in [2.05, 4.69) is 4.98 Å². The number of nitrogens with zero attached hydrogens (tertiary/aromatic N) is 2. The molecule has 0 aliphatic rings. The molecule has 0 fully saturated rings. The molecule has 1 aromatic carbocycles. The Morgan fingerprint density at radius 1 is 1.06 bits per heavy atom. The van der Waals surface area contributed by atoms with E-state index in [9.17, 15) is 4.79 Å². The largest absolute Gasteiger partial charge is 0.297 e. The quantitative estimate of drug-likeness (QED) is 0.655. The smallest absolute Gasteiger partial charge is 0.168 e. The predicted molar refractivity (Wildman–Crippen MR) is 69.8 cm³/mol. The molecule has 0 atom stereocenters. The molecule has 0 unspecified atom stereocenters. The number of imidazole rings is 1. The van der Waals surface area contributed by atoms with Gasteiger partial charge in [0.05, 0.1) is 5.69 Å². The Morgan fingerprint density at radius 2 is 1.83 bits per heavy atom. The van der Waals surface area contributed by atoms with Crippen molar-refractivity contribution in [1.82, 2.24) is 9.38 Å². The normalized spacial score (nSPS) is 10.7. The standard InChI is InChI=1S/C15H12N2O/c18-11-14-13(10-12-6-2-1-3-7-12)16-15-8-4-5-9-17(14)15/h1-9,11H,10H2. The lowest BCUT2D eigenvalue weighted by Crippen LogP contribution is -1.96. The molecule has 88 valence electrons. The first-order valence-electron chi connectivity index (χ1n) is 5.83. The molecule has 0 saturated carbocycles. The van der Waals surface area contributed by atoms with Crippen LogP contribution < -0.4 is 0 Å². The fourth-order valence-corrected chi connectivity index (χ4v) is 2.11. The maximum Gasteiger partial charge on any atom is 0.168 e.